The third-order valence-electron chi connectivity index (χ3n) is 4.99. The molecule has 0 N–H and O–H groups in total. The summed E-state index contributed by atoms with van der Waals surface area (Å²) >= 11 is 0. The molecule has 2 heterocycles. The molecule has 2 aromatic carbocycles. The van der Waals surface area contributed by atoms with Gasteiger partial charge in [-0.2, -0.15) is 4.31 Å². The molecular weight excluding hydrogens is 404 g/mol. The first-order chi connectivity index (χ1) is 14.6. The van der Waals surface area contributed by atoms with E-state index in [9.17, 15) is 13.2 Å². The summed E-state index contributed by atoms with van der Waals surface area (Å²) in [6.45, 7) is 1.28. The van der Waals surface area contributed by atoms with Crippen LogP contribution in [-0.4, -0.2) is 49.7 Å². The summed E-state index contributed by atoms with van der Waals surface area (Å²) in [5.74, 6) is 0.672. The molecule has 30 heavy (non-hydrogen) atoms. The first kappa shape index (κ1) is 20.2. The minimum absolute atomic E-state index is 0.212. The SMILES string of the molecule is O=C(c1occc1COc1ccccc1)N1CCN(S(=O)(=O)c2ccccc2)CC1. The molecule has 0 aliphatic carbocycles. The second kappa shape index (κ2) is 8.73. The highest BCUT2D eigenvalue weighted by Crippen LogP contribution is 2.21. The largest absolute Gasteiger partial charge is 0.489 e. The van der Waals surface area contributed by atoms with Crippen molar-refractivity contribution in [2.24, 2.45) is 0 Å². The van der Waals surface area contributed by atoms with Crippen molar-refractivity contribution in [3.63, 3.8) is 0 Å². The monoisotopic (exact) mass is 426 g/mol. The second-order valence-electron chi connectivity index (χ2n) is 6.89. The van der Waals surface area contributed by atoms with Gasteiger partial charge in [0.15, 0.2) is 5.76 Å². The minimum Gasteiger partial charge on any atom is -0.489 e. The van der Waals surface area contributed by atoms with E-state index in [-0.39, 0.29) is 36.3 Å². The third-order valence-corrected chi connectivity index (χ3v) is 6.90. The van der Waals surface area contributed by atoms with Crippen molar-refractivity contribution >= 4 is 15.9 Å². The average Bonchev–Trinajstić information content (AvgIpc) is 3.27. The molecule has 0 bridgehead atoms. The molecule has 0 atom stereocenters. The van der Waals surface area contributed by atoms with Crippen LogP contribution in [0.1, 0.15) is 16.1 Å². The smallest absolute Gasteiger partial charge is 0.290 e. The van der Waals surface area contributed by atoms with E-state index >= 15 is 0 Å². The lowest BCUT2D eigenvalue weighted by molar-refractivity contribution is 0.0662. The Balaban J connectivity index is 1.39. The molecule has 1 amide bonds. The summed E-state index contributed by atoms with van der Waals surface area (Å²) < 4.78 is 38.1. The van der Waals surface area contributed by atoms with Crippen molar-refractivity contribution in [2.75, 3.05) is 26.2 Å². The lowest BCUT2D eigenvalue weighted by Crippen LogP contribution is -2.50. The van der Waals surface area contributed by atoms with Crippen LogP contribution in [0.5, 0.6) is 5.75 Å². The Labute approximate surface area is 175 Å². The summed E-state index contributed by atoms with van der Waals surface area (Å²) in [5, 5.41) is 0. The quantitative estimate of drug-likeness (QED) is 0.605. The van der Waals surface area contributed by atoms with Crippen LogP contribution in [-0.2, 0) is 16.6 Å². The molecule has 1 aliphatic rings. The maximum Gasteiger partial charge on any atom is 0.290 e. The Bertz CT molecular complexity index is 1090. The van der Waals surface area contributed by atoms with Gasteiger partial charge in [-0.25, -0.2) is 8.42 Å². The summed E-state index contributed by atoms with van der Waals surface area (Å²) in [5.41, 5.74) is 0.656. The molecule has 1 aliphatic heterocycles. The maximum absolute atomic E-state index is 12.9. The van der Waals surface area contributed by atoms with Crippen LogP contribution < -0.4 is 4.74 Å². The first-order valence-electron chi connectivity index (χ1n) is 9.64. The van der Waals surface area contributed by atoms with Gasteiger partial charge in [-0.05, 0) is 30.3 Å². The Morgan fingerprint density at radius 2 is 1.53 bits per heavy atom. The number of hydrogen-bond acceptors (Lipinski definition) is 5. The van der Waals surface area contributed by atoms with Crippen LogP contribution in [0.2, 0.25) is 0 Å². The summed E-state index contributed by atoms with van der Waals surface area (Å²) in [6.07, 6.45) is 1.47. The fourth-order valence-corrected chi connectivity index (χ4v) is 4.77. The van der Waals surface area contributed by atoms with E-state index in [4.69, 9.17) is 9.15 Å². The number of para-hydroxylation sites is 1. The molecule has 4 rings (SSSR count). The zero-order valence-corrected chi connectivity index (χ0v) is 17.1. The topological polar surface area (TPSA) is 80.1 Å². The molecule has 156 valence electrons. The van der Waals surface area contributed by atoms with Gasteiger partial charge in [0.2, 0.25) is 10.0 Å². The van der Waals surface area contributed by atoms with E-state index in [0.29, 0.717) is 24.4 Å². The number of amides is 1. The Hall–Kier alpha value is -3.10. The van der Waals surface area contributed by atoms with Gasteiger partial charge in [0.05, 0.1) is 11.2 Å². The van der Waals surface area contributed by atoms with Crippen LogP contribution in [0.3, 0.4) is 0 Å². The lowest BCUT2D eigenvalue weighted by atomic mass is 10.2. The maximum atomic E-state index is 12.9. The average molecular weight is 426 g/mol. The van der Waals surface area contributed by atoms with Crippen molar-refractivity contribution in [3.8, 4) is 5.75 Å². The predicted molar refractivity (Wildman–Crippen MR) is 111 cm³/mol. The Kier molecular flexibility index (Phi) is 5.87. The first-order valence-corrected chi connectivity index (χ1v) is 11.1. The molecule has 0 radical (unpaired) electrons. The van der Waals surface area contributed by atoms with Crippen molar-refractivity contribution in [2.45, 2.75) is 11.5 Å². The number of benzene rings is 2. The molecular formula is C22H22N2O5S. The van der Waals surface area contributed by atoms with E-state index in [1.165, 1.54) is 10.6 Å². The highest BCUT2D eigenvalue weighted by atomic mass is 32.2. The summed E-state index contributed by atoms with van der Waals surface area (Å²) in [6, 6.07) is 19.4. The van der Waals surface area contributed by atoms with Crippen molar-refractivity contribution < 1.29 is 22.4 Å². The number of ether oxygens (including phenoxy) is 1. The highest BCUT2D eigenvalue weighted by Gasteiger charge is 2.31. The molecule has 8 heteroatoms. The number of carbonyl (C=O) groups excluding carboxylic acids is 1. The number of carbonyl (C=O) groups is 1. The molecule has 3 aromatic rings. The molecule has 1 fully saturated rings. The van der Waals surface area contributed by atoms with Gasteiger partial charge in [0.25, 0.3) is 5.91 Å². The predicted octanol–water partition coefficient (Wildman–Crippen LogP) is 3.01. The molecule has 0 saturated carbocycles. The van der Waals surface area contributed by atoms with Crippen LogP contribution >= 0.6 is 0 Å². The van der Waals surface area contributed by atoms with Gasteiger partial charge in [0, 0.05) is 31.7 Å². The molecule has 0 spiro atoms. The molecule has 7 nitrogen and oxygen atoms in total. The van der Waals surface area contributed by atoms with Crippen LogP contribution in [0.25, 0.3) is 0 Å². The van der Waals surface area contributed by atoms with Crippen LogP contribution in [0.4, 0.5) is 0 Å². The van der Waals surface area contributed by atoms with Crippen molar-refractivity contribution in [1.82, 2.24) is 9.21 Å². The molecule has 0 unspecified atom stereocenters. The van der Waals surface area contributed by atoms with Crippen LogP contribution in [0.15, 0.2) is 82.3 Å². The fourth-order valence-electron chi connectivity index (χ4n) is 3.33. The van der Waals surface area contributed by atoms with Crippen molar-refractivity contribution in [1.29, 1.82) is 0 Å². The van der Waals surface area contributed by atoms with Gasteiger partial charge in [0.1, 0.15) is 12.4 Å². The fraction of sp³-hybridized carbons (Fsp3) is 0.227. The number of furan rings is 1. The molecule has 1 aromatic heterocycles. The summed E-state index contributed by atoms with van der Waals surface area (Å²) in [7, 11) is -3.56. The lowest BCUT2D eigenvalue weighted by Gasteiger charge is -2.33. The van der Waals surface area contributed by atoms with Crippen molar-refractivity contribution in [3.05, 3.63) is 84.3 Å². The van der Waals surface area contributed by atoms with E-state index in [1.807, 2.05) is 30.3 Å². The van der Waals surface area contributed by atoms with E-state index in [0.717, 1.165) is 0 Å². The van der Waals surface area contributed by atoms with Gasteiger partial charge in [-0.1, -0.05) is 36.4 Å². The number of sulfonamides is 1. The number of rotatable bonds is 6. The van der Waals surface area contributed by atoms with Gasteiger partial charge in [-0.3, -0.25) is 4.79 Å². The van der Waals surface area contributed by atoms with E-state index in [1.54, 1.807) is 41.3 Å². The Morgan fingerprint density at radius 1 is 0.900 bits per heavy atom. The highest BCUT2D eigenvalue weighted by molar-refractivity contribution is 7.89. The standard InChI is InChI=1S/C22H22N2O5S/c25-22(21-18(11-16-28-21)17-29-19-7-3-1-4-8-19)23-12-14-24(15-13-23)30(26,27)20-9-5-2-6-10-20/h1-11,16H,12-15,17H2. The minimum atomic E-state index is -3.56. The third kappa shape index (κ3) is 4.24. The van der Waals surface area contributed by atoms with E-state index < -0.39 is 10.0 Å². The number of piperazine rings is 1. The van der Waals surface area contributed by atoms with Gasteiger partial charge in [-0.15, -0.1) is 0 Å². The zero-order valence-electron chi connectivity index (χ0n) is 16.3. The Morgan fingerprint density at radius 3 is 2.20 bits per heavy atom. The van der Waals surface area contributed by atoms with Crippen LogP contribution in [0, 0.1) is 0 Å². The van der Waals surface area contributed by atoms with E-state index in [2.05, 4.69) is 0 Å². The number of nitrogens with zero attached hydrogens (tertiary/aromatic N) is 2. The molecule has 1 saturated heterocycles. The normalized spacial score (nSPS) is 15.1. The number of hydrogen-bond donors (Lipinski definition) is 0. The summed E-state index contributed by atoms with van der Waals surface area (Å²) in [4.78, 5) is 14.8. The second-order valence-corrected chi connectivity index (χ2v) is 8.82. The van der Waals surface area contributed by atoms with Gasteiger partial charge < -0.3 is 14.1 Å². The van der Waals surface area contributed by atoms with Gasteiger partial charge >= 0.3 is 0 Å². The zero-order chi connectivity index (χ0) is 21.0.